The van der Waals surface area contributed by atoms with Gasteiger partial charge >= 0.3 is 0 Å². The minimum atomic E-state index is -2.97. The lowest BCUT2D eigenvalue weighted by Crippen LogP contribution is -2.59. The van der Waals surface area contributed by atoms with Gasteiger partial charge in [0.2, 0.25) is 11.8 Å². The van der Waals surface area contributed by atoms with E-state index in [4.69, 9.17) is 26.8 Å². The molecule has 4 rings (SSSR count). The number of halogens is 3. The number of rotatable bonds is 3. The van der Waals surface area contributed by atoms with Crippen molar-refractivity contribution in [1.29, 1.82) is 0 Å². The summed E-state index contributed by atoms with van der Waals surface area (Å²) in [5.74, 6) is -2.24. The second kappa shape index (κ2) is 9.09. The minimum Gasteiger partial charge on any atom is -0.478 e. The van der Waals surface area contributed by atoms with Gasteiger partial charge < -0.3 is 25.8 Å². The highest BCUT2D eigenvalue weighted by molar-refractivity contribution is 6.32. The van der Waals surface area contributed by atoms with E-state index in [0.29, 0.717) is 55.9 Å². The van der Waals surface area contributed by atoms with Crippen LogP contribution in [0.5, 0.6) is 0 Å². The largest absolute Gasteiger partial charge is 0.478 e. The average Bonchev–Trinajstić information content (AvgIpc) is 2.70. The van der Waals surface area contributed by atoms with Gasteiger partial charge in [-0.15, -0.1) is 0 Å². The van der Waals surface area contributed by atoms with Crippen LogP contribution >= 0.6 is 11.6 Å². The number of aromatic nitrogens is 2. The average molecular weight is 458 g/mol. The first-order chi connectivity index (χ1) is 14.8. The van der Waals surface area contributed by atoms with Crippen molar-refractivity contribution in [2.24, 2.45) is 10.7 Å². The van der Waals surface area contributed by atoms with Crippen molar-refractivity contribution in [1.82, 2.24) is 14.9 Å². The van der Waals surface area contributed by atoms with E-state index in [1.165, 1.54) is 6.20 Å². The molecule has 3 aliphatic heterocycles. The second-order valence-electron chi connectivity index (χ2n) is 7.82. The van der Waals surface area contributed by atoms with Crippen LogP contribution in [0.4, 0.5) is 20.5 Å². The maximum Gasteiger partial charge on any atom is 0.282 e. The van der Waals surface area contributed by atoms with Crippen molar-refractivity contribution in [3.63, 3.8) is 0 Å². The highest BCUT2D eigenvalue weighted by Gasteiger charge is 2.47. The van der Waals surface area contributed by atoms with Crippen LogP contribution in [-0.2, 0) is 9.47 Å². The highest BCUT2D eigenvalue weighted by atomic mass is 35.5. The molecule has 1 atom stereocenters. The Hall–Kier alpha value is -2.24. The summed E-state index contributed by atoms with van der Waals surface area (Å²) < 4.78 is 40.5. The molecule has 1 unspecified atom stereocenters. The number of allylic oxidation sites excluding steroid dienone is 1. The maximum atomic E-state index is 14.9. The number of alkyl halides is 2. The standard InChI is InChI=1S/C19H26ClF2N7O2/c1-11(26-14-3-5-29(10-19(14,21)22)12-8-30-9-12)15-16(23)31-6-2-4-24-17-13(20)7-25-18(27-15)28-17/h7,12,14H,2-6,8-10,23H2,1H3,(H2,24,25,27,28). The first-order valence-corrected chi connectivity index (χ1v) is 10.6. The molecule has 0 aliphatic carbocycles. The Bertz CT molecular complexity index is 879. The summed E-state index contributed by atoms with van der Waals surface area (Å²) in [7, 11) is 0. The van der Waals surface area contributed by atoms with Crippen LogP contribution in [0.25, 0.3) is 0 Å². The fourth-order valence-electron chi connectivity index (χ4n) is 3.68. The summed E-state index contributed by atoms with van der Waals surface area (Å²) in [6, 6.07) is -1.09. The molecule has 9 nitrogen and oxygen atoms in total. The third-order valence-corrected chi connectivity index (χ3v) is 5.81. The maximum absolute atomic E-state index is 14.9. The van der Waals surface area contributed by atoms with E-state index in [1.54, 1.807) is 11.8 Å². The van der Waals surface area contributed by atoms with E-state index in [1.807, 2.05) is 0 Å². The number of likely N-dealkylation sites (tertiary alicyclic amines) is 1. The lowest BCUT2D eigenvalue weighted by atomic mass is 9.98. The zero-order valence-corrected chi connectivity index (χ0v) is 18.0. The number of nitrogens with zero attached hydrogens (tertiary/aromatic N) is 4. The molecule has 0 radical (unpaired) electrons. The van der Waals surface area contributed by atoms with Crippen molar-refractivity contribution in [3.05, 3.63) is 22.8 Å². The molecule has 0 aromatic carbocycles. The molecule has 2 bridgehead atoms. The smallest absolute Gasteiger partial charge is 0.282 e. The zero-order valence-electron chi connectivity index (χ0n) is 17.2. The van der Waals surface area contributed by atoms with Gasteiger partial charge in [-0.05, 0) is 19.8 Å². The minimum absolute atomic E-state index is 0.0515. The van der Waals surface area contributed by atoms with Crippen molar-refractivity contribution in [2.45, 2.75) is 37.8 Å². The molecule has 4 heterocycles. The van der Waals surface area contributed by atoms with Crippen molar-refractivity contribution in [2.75, 3.05) is 50.1 Å². The van der Waals surface area contributed by atoms with Crippen LogP contribution in [0.1, 0.15) is 19.8 Å². The molecule has 0 saturated carbocycles. The molecule has 1 aromatic rings. The Balaban J connectivity index is 1.57. The van der Waals surface area contributed by atoms with E-state index >= 15 is 0 Å². The molecule has 3 aliphatic rings. The van der Waals surface area contributed by atoms with E-state index in [-0.39, 0.29) is 36.5 Å². The summed E-state index contributed by atoms with van der Waals surface area (Å²) in [4.78, 5) is 14.6. The Kier molecular flexibility index (Phi) is 6.44. The monoisotopic (exact) mass is 457 g/mol. The van der Waals surface area contributed by atoms with E-state index in [9.17, 15) is 8.78 Å². The van der Waals surface area contributed by atoms with Gasteiger partial charge in [-0.2, -0.15) is 4.98 Å². The van der Waals surface area contributed by atoms with Crippen LogP contribution in [-0.4, -0.2) is 78.0 Å². The van der Waals surface area contributed by atoms with Crippen LogP contribution in [0.3, 0.4) is 0 Å². The summed E-state index contributed by atoms with van der Waals surface area (Å²) in [5, 5.41) is 6.44. The molecule has 170 valence electrons. The SMILES string of the molecule is CC(=NC1CCN(C2COC2)CC1(F)F)C1=C(N)OCCCNc2nc(ncc2Cl)N1. The van der Waals surface area contributed by atoms with E-state index < -0.39 is 12.0 Å². The van der Waals surface area contributed by atoms with Gasteiger partial charge in [-0.25, -0.2) is 13.8 Å². The predicted octanol–water partition coefficient (Wildman–Crippen LogP) is 2.07. The van der Waals surface area contributed by atoms with Crippen molar-refractivity contribution < 1.29 is 18.3 Å². The lowest BCUT2D eigenvalue weighted by Gasteiger charge is -2.43. The predicted molar refractivity (Wildman–Crippen MR) is 114 cm³/mol. The number of nitrogens with two attached hydrogens (primary N) is 1. The van der Waals surface area contributed by atoms with Crippen LogP contribution < -0.4 is 16.4 Å². The number of hydrogen-bond acceptors (Lipinski definition) is 9. The van der Waals surface area contributed by atoms with Gasteiger partial charge in [0.1, 0.15) is 16.8 Å². The van der Waals surface area contributed by atoms with E-state index in [0.717, 1.165) is 0 Å². The molecular formula is C19H26ClF2N7O2. The Morgan fingerprint density at radius 3 is 2.94 bits per heavy atom. The molecule has 4 N–H and O–H groups in total. The Morgan fingerprint density at radius 2 is 2.23 bits per heavy atom. The molecule has 2 saturated heterocycles. The van der Waals surface area contributed by atoms with Crippen molar-refractivity contribution in [3.8, 4) is 0 Å². The topological polar surface area (TPSA) is 110 Å². The highest BCUT2D eigenvalue weighted by Crippen LogP contribution is 2.32. The van der Waals surface area contributed by atoms with E-state index in [2.05, 4.69) is 25.6 Å². The lowest BCUT2D eigenvalue weighted by molar-refractivity contribution is -0.133. The molecule has 2 fully saturated rings. The quantitative estimate of drug-likeness (QED) is 0.592. The number of ether oxygens (including phenoxy) is 2. The first kappa shape index (κ1) is 22.0. The van der Waals surface area contributed by atoms with Gasteiger partial charge in [0, 0.05) is 13.1 Å². The number of piperidine rings is 1. The molecule has 31 heavy (non-hydrogen) atoms. The summed E-state index contributed by atoms with van der Waals surface area (Å²) in [6.45, 7) is 3.74. The third kappa shape index (κ3) is 4.99. The molecule has 0 spiro atoms. The van der Waals surface area contributed by atoms with Gasteiger partial charge in [-0.1, -0.05) is 11.6 Å². The second-order valence-corrected chi connectivity index (χ2v) is 8.23. The Morgan fingerprint density at radius 1 is 1.42 bits per heavy atom. The Labute approximate surface area is 184 Å². The summed E-state index contributed by atoms with van der Waals surface area (Å²) >= 11 is 6.13. The molecule has 1 aromatic heterocycles. The zero-order chi connectivity index (χ0) is 22.0. The number of nitrogens with one attached hydrogen (secondary N) is 2. The normalized spacial score (nSPS) is 25.5. The number of hydrogen-bond donors (Lipinski definition) is 3. The number of fused-ring (bicyclic) bond motifs is 2. The summed E-state index contributed by atoms with van der Waals surface area (Å²) in [5.41, 5.74) is 6.68. The van der Waals surface area contributed by atoms with Crippen LogP contribution in [0.15, 0.2) is 22.8 Å². The molecule has 12 heteroatoms. The molecule has 0 amide bonds. The van der Waals surface area contributed by atoms with Gasteiger partial charge in [0.05, 0.1) is 44.3 Å². The number of aliphatic imine (C=N–C) groups is 1. The third-order valence-electron chi connectivity index (χ3n) is 5.54. The van der Waals surface area contributed by atoms with Gasteiger partial charge in [0.15, 0.2) is 5.82 Å². The van der Waals surface area contributed by atoms with Gasteiger partial charge in [-0.3, -0.25) is 9.89 Å². The van der Waals surface area contributed by atoms with Crippen LogP contribution in [0.2, 0.25) is 5.02 Å². The van der Waals surface area contributed by atoms with Gasteiger partial charge in [0.25, 0.3) is 5.92 Å². The summed E-state index contributed by atoms with van der Waals surface area (Å²) in [6.07, 6.45) is 2.33. The molecular weight excluding hydrogens is 432 g/mol. The fraction of sp³-hybridized carbons (Fsp3) is 0.632. The first-order valence-electron chi connectivity index (χ1n) is 10.2. The number of anilines is 2. The van der Waals surface area contributed by atoms with Crippen molar-refractivity contribution >= 4 is 29.1 Å². The van der Waals surface area contributed by atoms with Crippen LogP contribution in [0, 0.1) is 0 Å². The fourth-order valence-corrected chi connectivity index (χ4v) is 3.84.